The summed E-state index contributed by atoms with van der Waals surface area (Å²) in [5.74, 6) is 0.603. The van der Waals surface area contributed by atoms with Gasteiger partial charge in [0.15, 0.2) is 0 Å². The molecule has 0 saturated heterocycles. The van der Waals surface area contributed by atoms with E-state index in [9.17, 15) is 4.79 Å². The number of amides is 1. The summed E-state index contributed by atoms with van der Waals surface area (Å²) in [5.41, 5.74) is 5.98. The van der Waals surface area contributed by atoms with Gasteiger partial charge in [-0.25, -0.2) is 0 Å². The molecule has 0 atom stereocenters. The summed E-state index contributed by atoms with van der Waals surface area (Å²) in [4.78, 5) is 12.6. The lowest BCUT2D eigenvalue weighted by Crippen LogP contribution is -2.58. The van der Waals surface area contributed by atoms with E-state index in [2.05, 4.69) is 17.4 Å². The Labute approximate surface area is 124 Å². The van der Waals surface area contributed by atoms with Gasteiger partial charge in [0.2, 0.25) is 5.76 Å². The summed E-state index contributed by atoms with van der Waals surface area (Å²) < 4.78 is 4.99. The van der Waals surface area contributed by atoms with Crippen molar-refractivity contribution in [2.75, 3.05) is 0 Å². The number of carbonyl (C=O) groups excluding carboxylic acids is 1. The normalized spacial score (nSPS) is 26.2. The van der Waals surface area contributed by atoms with E-state index in [4.69, 9.17) is 22.5 Å². The van der Waals surface area contributed by atoms with E-state index in [0.29, 0.717) is 16.6 Å². The van der Waals surface area contributed by atoms with Crippen molar-refractivity contribution in [1.29, 1.82) is 0 Å². The van der Waals surface area contributed by atoms with E-state index >= 15 is 0 Å². The van der Waals surface area contributed by atoms with Gasteiger partial charge in [0, 0.05) is 6.07 Å². The predicted molar refractivity (Wildman–Crippen MR) is 80.5 cm³/mol. The first kappa shape index (κ1) is 15.0. The molecule has 1 fully saturated rings. The van der Waals surface area contributed by atoms with Crippen molar-refractivity contribution in [2.45, 2.75) is 51.5 Å². The van der Waals surface area contributed by atoms with E-state index in [1.165, 1.54) is 0 Å². The molecule has 6 heteroatoms. The van der Waals surface area contributed by atoms with E-state index < -0.39 is 5.54 Å². The van der Waals surface area contributed by atoms with Crippen molar-refractivity contribution in [3.05, 3.63) is 17.5 Å². The van der Waals surface area contributed by atoms with Gasteiger partial charge in [0.1, 0.15) is 0 Å². The van der Waals surface area contributed by atoms with Crippen LogP contribution in [0.5, 0.6) is 0 Å². The number of hydrogen-bond donors (Lipinski definition) is 2. The third kappa shape index (κ3) is 3.00. The number of nitrogens with one attached hydrogen (secondary N) is 1. The van der Waals surface area contributed by atoms with Crippen LogP contribution in [0.15, 0.2) is 10.6 Å². The summed E-state index contributed by atoms with van der Waals surface area (Å²) in [6.07, 6.45) is 4.80. The summed E-state index contributed by atoms with van der Waals surface area (Å²) in [6, 6.07) is 1.61. The number of hydrogen-bond acceptors (Lipinski definition) is 4. The molecular weight excluding hydrogens is 274 g/mol. The second-order valence-electron chi connectivity index (χ2n) is 5.58. The maximum absolute atomic E-state index is 12.2. The van der Waals surface area contributed by atoms with Crippen LogP contribution in [-0.4, -0.2) is 21.6 Å². The number of rotatable bonds is 4. The molecule has 1 amide bonds. The number of aryl methyl sites for hydroxylation is 1. The van der Waals surface area contributed by atoms with Gasteiger partial charge in [-0.3, -0.25) is 4.79 Å². The first-order chi connectivity index (χ1) is 9.47. The number of aromatic nitrogens is 1. The highest BCUT2D eigenvalue weighted by atomic mass is 32.1. The van der Waals surface area contributed by atoms with Crippen LogP contribution in [0.1, 0.15) is 55.3 Å². The Morgan fingerprint density at radius 1 is 1.60 bits per heavy atom. The minimum atomic E-state index is -0.585. The Hall–Kier alpha value is -1.43. The largest absolute Gasteiger partial charge is 0.391 e. The fourth-order valence-corrected chi connectivity index (χ4v) is 3.02. The standard InChI is InChI=1S/C14H21N3O2S/c1-3-10-4-6-14(7-5-10,13(15)20)16-12(18)11-8-9(2)17-19-11/h8,10H,3-7H2,1-2H3,(H2,15,20)(H,16,18). The quantitative estimate of drug-likeness (QED) is 0.833. The summed E-state index contributed by atoms with van der Waals surface area (Å²) >= 11 is 5.19. The molecule has 1 aliphatic carbocycles. The molecule has 3 N–H and O–H groups in total. The molecule has 1 heterocycles. The van der Waals surface area contributed by atoms with Gasteiger partial charge in [-0.2, -0.15) is 0 Å². The van der Waals surface area contributed by atoms with Gasteiger partial charge in [-0.1, -0.05) is 30.7 Å². The second kappa shape index (κ2) is 5.91. The lowest BCUT2D eigenvalue weighted by molar-refractivity contribution is 0.0860. The number of carbonyl (C=O) groups is 1. The molecule has 1 aromatic heterocycles. The molecule has 5 nitrogen and oxygen atoms in total. The highest BCUT2D eigenvalue weighted by molar-refractivity contribution is 7.80. The van der Waals surface area contributed by atoms with Crippen LogP contribution in [0.3, 0.4) is 0 Å². The molecule has 110 valence electrons. The fourth-order valence-electron chi connectivity index (χ4n) is 2.76. The number of thiocarbonyl (C=S) groups is 1. The Morgan fingerprint density at radius 3 is 2.70 bits per heavy atom. The first-order valence-electron chi connectivity index (χ1n) is 7.02. The van der Waals surface area contributed by atoms with Crippen LogP contribution in [0.25, 0.3) is 0 Å². The maximum Gasteiger partial charge on any atom is 0.290 e. The van der Waals surface area contributed by atoms with Crippen molar-refractivity contribution < 1.29 is 9.32 Å². The maximum atomic E-state index is 12.2. The molecule has 1 aliphatic rings. The smallest absolute Gasteiger partial charge is 0.290 e. The van der Waals surface area contributed by atoms with Crippen LogP contribution in [0, 0.1) is 12.8 Å². The molecule has 1 aromatic rings. The zero-order valence-electron chi connectivity index (χ0n) is 11.9. The van der Waals surface area contributed by atoms with Crippen molar-refractivity contribution in [1.82, 2.24) is 10.5 Å². The van der Waals surface area contributed by atoms with Crippen molar-refractivity contribution in [3.63, 3.8) is 0 Å². The minimum absolute atomic E-state index is 0.204. The van der Waals surface area contributed by atoms with E-state index in [-0.39, 0.29) is 11.7 Å². The average molecular weight is 295 g/mol. The van der Waals surface area contributed by atoms with Gasteiger partial charge in [-0.05, 0) is 38.5 Å². The van der Waals surface area contributed by atoms with Crippen molar-refractivity contribution in [2.24, 2.45) is 11.7 Å². The molecule has 0 spiro atoms. The van der Waals surface area contributed by atoms with Crippen LogP contribution in [0.4, 0.5) is 0 Å². The lowest BCUT2D eigenvalue weighted by atomic mass is 9.75. The number of nitrogens with two attached hydrogens (primary N) is 1. The Balaban J connectivity index is 2.10. The van der Waals surface area contributed by atoms with Gasteiger partial charge in [0.05, 0.1) is 16.2 Å². The molecule has 0 aromatic carbocycles. The predicted octanol–water partition coefficient (Wildman–Crippen LogP) is 2.34. The molecule has 2 rings (SSSR count). The first-order valence-corrected chi connectivity index (χ1v) is 7.43. The molecule has 0 aliphatic heterocycles. The van der Waals surface area contributed by atoms with Gasteiger partial charge in [-0.15, -0.1) is 0 Å². The monoisotopic (exact) mass is 295 g/mol. The van der Waals surface area contributed by atoms with Gasteiger partial charge >= 0.3 is 0 Å². The minimum Gasteiger partial charge on any atom is -0.391 e. The molecule has 0 unspecified atom stereocenters. The van der Waals surface area contributed by atoms with Gasteiger partial charge in [0.25, 0.3) is 5.91 Å². The van der Waals surface area contributed by atoms with E-state index in [1.807, 2.05) is 0 Å². The SMILES string of the molecule is CCC1CCC(NC(=O)c2cc(C)no2)(C(N)=S)CC1. The summed E-state index contributed by atoms with van der Waals surface area (Å²) in [6.45, 7) is 3.96. The average Bonchev–Trinajstić information content (AvgIpc) is 2.86. The second-order valence-corrected chi connectivity index (χ2v) is 6.02. The fraction of sp³-hybridized carbons (Fsp3) is 0.643. The molecule has 0 bridgehead atoms. The van der Waals surface area contributed by atoms with Crippen LogP contribution >= 0.6 is 12.2 Å². The molecular formula is C14H21N3O2S. The third-order valence-electron chi connectivity index (χ3n) is 4.21. The summed E-state index contributed by atoms with van der Waals surface area (Å²) in [7, 11) is 0. The van der Waals surface area contributed by atoms with Gasteiger partial charge < -0.3 is 15.6 Å². The highest BCUT2D eigenvalue weighted by Crippen LogP contribution is 2.34. The highest BCUT2D eigenvalue weighted by Gasteiger charge is 2.39. The molecule has 1 saturated carbocycles. The van der Waals surface area contributed by atoms with E-state index in [0.717, 1.165) is 32.1 Å². The lowest BCUT2D eigenvalue weighted by Gasteiger charge is -2.39. The molecule has 20 heavy (non-hydrogen) atoms. The third-order valence-corrected chi connectivity index (χ3v) is 4.60. The Kier molecular flexibility index (Phi) is 4.42. The zero-order chi connectivity index (χ0) is 14.8. The van der Waals surface area contributed by atoms with Crippen molar-refractivity contribution in [3.8, 4) is 0 Å². The summed E-state index contributed by atoms with van der Waals surface area (Å²) in [5, 5.41) is 6.69. The Bertz CT molecular complexity index is 504. The topological polar surface area (TPSA) is 81.2 Å². The van der Waals surface area contributed by atoms with Crippen LogP contribution in [0.2, 0.25) is 0 Å². The van der Waals surface area contributed by atoms with E-state index in [1.54, 1.807) is 13.0 Å². The Morgan fingerprint density at radius 2 is 2.25 bits per heavy atom. The van der Waals surface area contributed by atoms with Crippen LogP contribution in [-0.2, 0) is 0 Å². The molecule has 0 radical (unpaired) electrons. The zero-order valence-corrected chi connectivity index (χ0v) is 12.8. The number of nitrogens with zero attached hydrogens (tertiary/aromatic N) is 1. The van der Waals surface area contributed by atoms with Crippen molar-refractivity contribution >= 4 is 23.1 Å². The van der Waals surface area contributed by atoms with Crippen LogP contribution < -0.4 is 11.1 Å².